The molecule has 0 heterocycles. The van der Waals surface area contributed by atoms with E-state index in [1.165, 1.54) is 19.1 Å². The molecule has 1 aromatic rings. The average molecular weight is 436 g/mol. The second-order valence-corrected chi connectivity index (χ2v) is 7.60. The smallest absolute Gasteiger partial charge is 0.335 e. The van der Waals surface area contributed by atoms with E-state index in [0.29, 0.717) is 25.2 Å². The Balaban J connectivity index is 2.02. The number of hydrogen-bond acceptors (Lipinski definition) is 5. The Morgan fingerprint density at radius 1 is 0.871 bits per heavy atom. The molecule has 0 aromatic heterocycles. The van der Waals surface area contributed by atoms with Crippen molar-refractivity contribution in [3.05, 3.63) is 29.8 Å². The second kappa shape index (κ2) is 15.0. The number of carbonyl (C=O) groups is 4. The Kier molecular flexibility index (Phi) is 12.6. The minimum absolute atomic E-state index is 0.0959. The van der Waals surface area contributed by atoms with Crippen LogP contribution in [0.25, 0.3) is 0 Å². The first-order chi connectivity index (χ1) is 14.8. The summed E-state index contributed by atoms with van der Waals surface area (Å²) in [6.07, 6.45) is 7.25. The zero-order chi connectivity index (χ0) is 23.1. The molecule has 0 bridgehead atoms. The highest BCUT2D eigenvalue weighted by atomic mass is 16.5. The molecule has 0 aliphatic carbocycles. The first kappa shape index (κ1) is 26.1. The summed E-state index contributed by atoms with van der Waals surface area (Å²) < 4.78 is 5.59. The summed E-state index contributed by atoms with van der Waals surface area (Å²) in [6, 6.07) is 5.34. The van der Waals surface area contributed by atoms with Gasteiger partial charge in [-0.25, -0.2) is 9.59 Å². The van der Waals surface area contributed by atoms with Crippen LogP contribution in [0.4, 0.5) is 0 Å². The summed E-state index contributed by atoms with van der Waals surface area (Å²) in [4.78, 5) is 44.8. The van der Waals surface area contributed by atoms with Crippen molar-refractivity contribution >= 4 is 23.6 Å². The van der Waals surface area contributed by atoms with E-state index in [9.17, 15) is 19.2 Å². The summed E-state index contributed by atoms with van der Waals surface area (Å²) >= 11 is 0. The van der Waals surface area contributed by atoms with Gasteiger partial charge >= 0.3 is 11.9 Å². The van der Waals surface area contributed by atoms with Crippen LogP contribution in [0.15, 0.2) is 24.3 Å². The molecule has 0 spiro atoms. The second-order valence-electron chi connectivity index (χ2n) is 7.60. The van der Waals surface area contributed by atoms with Crippen LogP contribution in [-0.4, -0.2) is 46.5 Å². The average Bonchev–Trinajstić information content (AvgIpc) is 2.72. The monoisotopic (exact) mass is 435 g/mol. The third-order valence-electron chi connectivity index (χ3n) is 4.84. The van der Waals surface area contributed by atoms with Crippen molar-refractivity contribution < 1.29 is 34.1 Å². The molecule has 0 aliphatic heterocycles. The van der Waals surface area contributed by atoms with Gasteiger partial charge in [0, 0.05) is 12.8 Å². The molecule has 31 heavy (non-hydrogen) atoms. The fraction of sp³-hybridized carbons (Fsp3) is 0.565. The minimum atomic E-state index is -1.11. The van der Waals surface area contributed by atoms with Crippen LogP contribution in [0.2, 0.25) is 0 Å². The maximum Gasteiger partial charge on any atom is 0.335 e. The van der Waals surface area contributed by atoms with Crippen molar-refractivity contribution in [3.63, 3.8) is 0 Å². The number of Topliss-reactive ketones (excluding diaryl/α,β-unsaturated/α-hetero) is 1. The summed E-state index contributed by atoms with van der Waals surface area (Å²) in [5.41, 5.74) is 0.236. The molecule has 1 atom stereocenters. The molecule has 8 nitrogen and oxygen atoms in total. The molecule has 1 aromatic carbocycles. The minimum Gasteiger partial charge on any atom is -0.494 e. The van der Waals surface area contributed by atoms with Gasteiger partial charge in [-0.05, 0) is 50.5 Å². The predicted molar refractivity (Wildman–Crippen MR) is 115 cm³/mol. The molecular formula is C23H33NO7. The van der Waals surface area contributed by atoms with Gasteiger partial charge in [0.05, 0.1) is 12.2 Å². The quantitative estimate of drug-likeness (QED) is 0.317. The van der Waals surface area contributed by atoms with Crippen molar-refractivity contribution in [2.75, 3.05) is 6.61 Å². The van der Waals surface area contributed by atoms with Crippen LogP contribution in [0.1, 0.15) is 81.5 Å². The normalized spacial score (nSPS) is 11.5. The van der Waals surface area contributed by atoms with Crippen molar-refractivity contribution in [1.29, 1.82) is 0 Å². The molecule has 3 N–H and O–H groups in total. The van der Waals surface area contributed by atoms with Crippen LogP contribution >= 0.6 is 0 Å². The fourth-order valence-corrected chi connectivity index (χ4v) is 3.03. The Hall–Kier alpha value is -2.90. The van der Waals surface area contributed by atoms with E-state index < -0.39 is 18.0 Å². The van der Waals surface area contributed by atoms with Crippen molar-refractivity contribution in [2.24, 2.45) is 0 Å². The zero-order valence-corrected chi connectivity index (χ0v) is 18.1. The SMILES string of the molecule is CC(=O)CC[C@H](NC(=O)CCCCCCCCCOc1ccc(C(=O)O)cc1)C(=O)O. The van der Waals surface area contributed by atoms with Crippen LogP contribution < -0.4 is 10.1 Å². The van der Waals surface area contributed by atoms with Crippen LogP contribution in [-0.2, 0) is 14.4 Å². The lowest BCUT2D eigenvalue weighted by atomic mass is 10.1. The molecule has 172 valence electrons. The van der Waals surface area contributed by atoms with E-state index in [-0.39, 0.29) is 30.1 Å². The van der Waals surface area contributed by atoms with Crippen molar-refractivity contribution in [1.82, 2.24) is 5.32 Å². The zero-order valence-electron chi connectivity index (χ0n) is 18.1. The highest BCUT2D eigenvalue weighted by Gasteiger charge is 2.19. The molecule has 0 saturated carbocycles. The Morgan fingerprint density at radius 3 is 2.00 bits per heavy atom. The lowest BCUT2D eigenvalue weighted by Crippen LogP contribution is -2.40. The van der Waals surface area contributed by atoms with E-state index in [0.717, 1.165) is 38.5 Å². The highest BCUT2D eigenvalue weighted by molar-refractivity contribution is 5.87. The first-order valence-electron chi connectivity index (χ1n) is 10.8. The summed E-state index contributed by atoms with van der Waals surface area (Å²) in [5, 5.41) is 20.4. The van der Waals surface area contributed by atoms with Gasteiger partial charge in [0.25, 0.3) is 0 Å². The Morgan fingerprint density at radius 2 is 1.45 bits per heavy atom. The summed E-state index contributed by atoms with van der Waals surface area (Å²) in [6.45, 7) is 1.98. The van der Waals surface area contributed by atoms with Gasteiger partial charge < -0.3 is 25.1 Å². The standard InChI is InChI=1S/C23H33NO7/c1-17(25)10-15-20(23(29)30)24-21(26)9-7-5-3-2-4-6-8-16-31-19-13-11-18(12-14-19)22(27)28/h11-14,20H,2-10,15-16H2,1H3,(H,24,26)(H,27,28)(H,29,30)/t20-/m0/s1. The maximum atomic E-state index is 11.9. The molecule has 0 aliphatic rings. The molecule has 0 fully saturated rings. The molecule has 8 heteroatoms. The van der Waals surface area contributed by atoms with Gasteiger partial charge in [-0.2, -0.15) is 0 Å². The number of carbonyl (C=O) groups excluding carboxylic acids is 2. The van der Waals surface area contributed by atoms with Gasteiger partial charge in [-0.1, -0.05) is 32.1 Å². The molecule has 0 saturated heterocycles. The van der Waals surface area contributed by atoms with Gasteiger partial charge in [0.2, 0.25) is 5.91 Å². The topological polar surface area (TPSA) is 130 Å². The number of aromatic carboxylic acids is 1. The number of amides is 1. The maximum absolute atomic E-state index is 11.9. The van der Waals surface area contributed by atoms with Crippen LogP contribution in [0.3, 0.4) is 0 Å². The number of rotatable bonds is 17. The number of benzene rings is 1. The number of ether oxygens (including phenoxy) is 1. The van der Waals surface area contributed by atoms with Crippen molar-refractivity contribution in [2.45, 2.75) is 77.2 Å². The van der Waals surface area contributed by atoms with E-state index >= 15 is 0 Å². The van der Waals surface area contributed by atoms with E-state index in [4.69, 9.17) is 14.9 Å². The number of unbranched alkanes of at least 4 members (excludes halogenated alkanes) is 6. The predicted octanol–water partition coefficient (Wildman–Crippen LogP) is 3.82. The summed E-state index contributed by atoms with van der Waals surface area (Å²) in [5.74, 6) is -1.79. The van der Waals surface area contributed by atoms with E-state index in [1.807, 2.05) is 0 Å². The van der Waals surface area contributed by atoms with Gasteiger partial charge in [-0.15, -0.1) is 0 Å². The molecule has 1 amide bonds. The third kappa shape index (κ3) is 12.4. The third-order valence-corrected chi connectivity index (χ3v) is 4.84. The number of aliphatic carboxylic acids is 1. The van der Waals surface area contributed by atoms with Crippen LogP contribution in [0.5, 0.6) is 5.75 Å². The largest absolute Gasteiger partial charge is 0.494 e. The number of carboxylic acids is 2. The summed E-state index contributed by atoms with van der Waals surface area (Å²) in [7, 11) is 0. The van der Waals surface area contributed by atoms with Crippen molar-refractivity contribution in [3.8, 4) is 5.75 Å². The lowest BCUT2D eigenvalue weighted by Gasteiger charge is -2.13. The number of carboxylic acid groups (broad SMARTS) is 2. The molecule has 0 unspecified atom stereocenters. The van der Waals surface area contributed by atoms with Gasteiger partial charge in [0.1, 0.15) is 17.6 Å². The molecule has 0 radical (unpaired) electrons. The van der Waals surface area contributed by atoms with E-state index in [1.54, 1.807) is 12.1 Å². The van der Waals surface area contributed by atoms with Crippen LogP contribution in [0, 0.1) is 0 Å². The number of hydrogen-bond donors (Lipinski definition) is 3. The highest BCUT2D eigenvalue weighted by Crippen LogP contribution is 2.14. The van der Waals surface area contributed by atoms with Gasteiger partial charge in [-0.3, -0.25) is 4.79 Å². The molecular weight excluding hydrogens is 402 g/mol. The number of ketones is 1. The van der Waals surface area contributed by atoms with Gasteiger partial charge in [0.15, 0.2) is 0 Å². The van der Waals surface area contributed by atoms with E-state index in [2.05, 4.69) is 5.32 Å². The first-order valence-corrected chi connectivity index (χ1v) is 10.8. The lowest BCUT2D eigenvalue weighted by molar-refractivity contribution is -0.142. The fourth-order valence-electron chi connectivity index (χ4n) is 3.03. The number of nitrogens with one attached hydrogen (secondary N) is 1. The molecule has 1 rings (SSSR count). The Labute approximate surface area is 183 Å². The Bertz CT molecular complexity index is 715.